The van der Waals surface area contributed by atoms with Gasteiger partial charge in [-0.05, 0) is 43.2 Å². The second-order valence-electron chi connectivity index (χ2n) is 13.1. The van der Waals surface area contributed by atoms with Crippen LogP contribution >= 0.6 is 11.3 Å². The van der Waals surface area contributed by atoms with Crippen molar-refractivity contribution in [2.45, 2.75) is 109 Å². The number of carbonyl (C=O) groups is 3. The zero-order chi connectivity index (χ0) is 36.4. The Bertz CT molecular complexity index is 1570. The number of anilines is 1. The van der Waals surface area contributed by atoms with Crippen LogP contribution in [0.3, 0.4) is 0 Å². The summed E-state index contributed by atoms with van der Waals surface area (Å²) in [7, 11) is 0. The van der Waals surface area contributed by atoms with Gasteiger partial charge in [-0.3, -0.25) is 14.5 Å². The highest BCUT2D eigenvalue weighted by Gasteiger charge is 2.51. The maximum Gasteiger partial charge on any atom is 0.338 e. The highest BCUT2D eigenvalue weighted by atomic mass is 32.1. The van der Waals surface area contributed by atoms with Gasteiger partial charge < -0.3 is 34.3 Å². The predicted molar refractivity (Wildman–Crippen MR) is 186 cm³/mol. The van der Waals surface area contributed by atoms with Crippen molar-refractivity contribution in [1.29, 1.82) is 0 Å². The molecule has 6 atom stereocenters. The average molecular weight is 726 g/mol. The summed E-state index contributed by atoms with van der Waals surface area (Å²) in [6.07, 6.45) is -4.58. The lowest BCUT2D eigenvalue weighted by atomic mass is 9.75. The lowest BCUT2D eigenvalue weighted by molar-refractivity contribution is -0.289. The molecule has 1 aromatic heterocycles. The second-order valence-corrected chi connectivity index (χ2v) is 14.2. The SMILES string of the molecule is CCC[C@H](CC1(C(=O)N(COCc2ccccc2)c2nnc(CC)s2)CCCC1)C(=O)O[C@@H]1O[C@H](C(=O)OCc2ccccc2)[C@@H](O)[C@H](O)[C@H]1O. The Balaban J connectivity index is 1.30. The Morgan fingerprint density at radius 2 is 1.57 bits per heavy atom. The lowest BCUT2D eigenvalue weighted by Gasteiger charge is -2.39. The number of hydrogen-bond donors (Lipinski definition) is 3. The molecule has 2 aromatic carbocycles. The van der Waals surface area contributed by atoms with Crippen molar-refractivity contribution in [3.8, 4) is 0 Å². The third-order valence-electron chi connectivity index (χ3n) is 9.45. The van der Waals surface area contributed by atoms with E-state index >= 15 is 0 Å². The highest BCUT2D eigenvalue weighted by molar-refractivity contribution is 7.15. The van der Waals surface area contributed by atoms with E-state index < -0.39 is 54.0 Å². The molecule has 1 aliphatic heterocycles. The van der Waals surface area contributed by atoms with E-state index in [2.05, 4.69) is 10.2 Å². The van der Waals surface area contributed by atoms with Gasteiger partial charge in [0, 0.05) is 0 Å². The summed E-state index contributed by atoms with van der Waals surface area (Å²) in [5, 5.41) is 41.6. The number of carbonyl (C=O) groups excluding carboxylic acids is 3. The van der Waals surface area contributed by atoms with Crippen LogP contribution in [0.2, 0.25) is 0 Å². The molecule has 5 rings (SSSR count). The van der Waals surface area contributed by atoms with Crippen LogP contribution in [0.25, 0.3) is 0 Å². The number of esters is 2. The van der Waals surface area contributed by atoms with Crippen LogP contribution in [0.15, 0.2) is 60.7 Å². The van der Waals surface area contributed by atoms with Crippen molar-refractivity contribution in [1.82, 2.24) is 10.2 Å². The number of ether oxygens (including phenoxy) is 4. The molecule has 51 heavy (non-hydrogen) atoms. The number of benzene rings is 2. The molecule has 13 nitrogen and oxygen atoms in total. The molecule has 0 unspecified atom stereocenters. The smallest absolute Gasteiger partial charge is 0.338 e. The maximum absolute atomic E-state index is 14.6. The Morgan fingerprint density at radius 3 is 2.18 bits per heavy atom. The molecular weight excluding hydrogens is 678 g/mol. The van der Waals surface area contributed by atoms with E-state index in [1.54, 1.807) is 24.3 Å². The van der Waals surface area contributed by atoms with E-state index in [0.717, 1.165) is 23.4 Å². The second kappa shape index (κ2) is 18.1. The topological polar surface area (TPSA) is 178 Å². The number of amides is 1. The van der Waals surface area contributed by atoms with Crippen LogP contribution in [0.5, 0.6) is 0 Å². The molecule has 2 fully saturated rings. The number of aliphatic hydroxyl groups excluding tert-OH is 3. The Hall–Kier alpha value is -3.79. The summed E-state index contributed by atoms with van der Waals surface area (Å²) in [6.45, 7) is 3.98. The van der Waals surface area contributed by atoms with Gasteiger partial charge in [-0.15, -0.1) is 10.2 Å². The Labute approximate surface area is 301 Å². The molecule has 1 amide bonds. The van der Waals surface area contributed by atoms with Gasteiger partial charge in [-0.1, -0.05) is 105 Å². The molecule has 276 valence electrons. The van der Waals surface area contributed by atoms with Crippen molar-refractivity contribution >= 4 is 34.3 Å². The first-order valence-electron chi connectivity index (χ1n) is 17.5. The van der Waals surface area contributed by atoms with Gasteiger partial charge in [-0.25, -0.2) is 4.79 Å². The molecule has 14 heteroatoms. The van der Waals surface area contributed by atoms with Crippen LogP contribution in [0, 0.1) is 11.3 Å². The lowest BCUT2D eigenvalue weighted by Crippen LogP contribution is -2.61. The van der Waals surface area contributed by atoms with Gasteiger partial charge in [0.25, 0.3) is 0 Å². The molecule has 0 bridgehead atoms. The summed E-state index contributed by atoms with van der Waals surface area (Å²) >= 11 is 1.32. The predicted octanol–water partition coefficient (Wildman–Crippen LogP) is 4.07. The van der Waals surface area contributed by atoms with Gasteiger partial charge in [0.15, 0.2) is 6.10 Å². The molecular formula is C37H47N3O10S. The van der Waals surface area contributed by atoms with Crippen LogP contribution in [-0.2, 0) is 53.0 Å². The number of nitrogens with zero attached hydrogens (tertiary/aromatic N) is 3. The highest BCUT2D eigenvalue weighted by Crippen LogP contribution is 2.47. The van der Waals surface area contributed by atoms with Crippen molar-refractivity contribution in [2.24, 2.45) is 11.3 Å². The van der Waals surface area contributed by atoms with Gasteiger partial charge in [0.1, 0.15) is 36.7 Å². The first kappa shape index (κ1) is 38.4. The average Bonchev–Trinajstić information content (AvgIpc) is 3.84. The van der Waals surface area contributed by atoms with E-state index in [4.69, 9.17) is 18.9 Å². The molecule has 0 radical (unpaired) electrons. The fraction of sp³-hybridized carbons (Fsp3) is 0.541. The Kier molecular flexibility index (Phi) is 13.7. The number of hydrogen-bond acceptors (Lipinski definition) is 13. The minimum absolute atomic E-state index is 0.0548. The molecule has 1 saturated heterocycles. The van der Waals surface area contributed by atoms with E-state index in [1.807, 2.05) is 50.2 Å². The van der Waals surface area contributed by atoms with Crippen LogP contribution in [-0.4, -0.2) is 80.8 Å². The standard InChI is InChI=1S/C37H47N3O10S/c1-3-13-26(32(44)50-34-30(43)28(41)29(42)31(49-34)33(45)48-22-25-16-9-6-10-17-25)20-37(18-11-12-19-37)35(46)40(36-39-38-27(4-2)51-36)23-47-21-24-14-7-5-8-15-24/h5-10,14-17,26,28-31,34,41-43H,3-4,11-13,18-23H2,1-2H3/t26-,28+,29+,30-,31+,34+/m1/s1. The summed E-state index contributed by atoms with van der Waals surface area (Å²) in [6, 6.07) is 18.5. The third-order valence-corrected chi connectivity index (χ3v) is 10.5. The van der Waals surface area contributed by atoms with E-state index in [-0.39, 0.29) is 32.3 Å². The van der Waals surface area contributed by atoms with Crippen LogP contribution in [0.4, 0.5) is 5.13 Å². The largest absolute Gasteiger partial charge is 0.459 e. The quantitative estimate of drug-likeness (QED) is 0.143. The minimum Gasteiger partial charge on any atom is -0.459 e. The fourth-order valence-electron chi connectivity index (χ4n) is 6.65. The summed E-state index contributed by atoms with van der Waals surface area (Å²) in [4.78, 5) is 42.9. The number of aliphatic hydroxyl groups is 3. The first-order valence-corrected chi connectivity index (χ1v) is 18.3. The van der Waals surface area contributed by atoms with Gasteiger partial charge in [0.2, 0.25) is 17.3 Å². The van der Waals surface area contributed by atoms with Crippen LogP contribution < -0.4 is 4.90 Å². The molecule has 1 saturated carbocycles. The van der Waals surface area contributed by atoms with Crippen molar-refractivity contribution in [3.63, 3.8) is 0 Å². The minimum atomic E-state index is -1.86. The van der Waals surface area contributed by atoms with Crippen molar-refractivity contribution in [3.05, 3.63) is 76.8 Å². The van der Waals surface area contributed by atoms with E-state index in [9.17, 15) is 29.7 Å². The molecule has 2 heterocycles. The van der Waals surface area contributed by atoms with Crippen molar-refractivity contribution in [2.75, 3.05) is 11.6 Å². The van der Waals surface area contributed by atoms with E-state index in [1.165, 1.54) is 16.2 Å². The van der Waals surface area contributed by atoms with Crippen molar-refractivity contribution < 1.29 is 48.7 Å². The normalized spacial score (nSPS) is 23.4. The molecule has 1 aliphatic carbocycles. The molecule has 3 aromatic rings. The summed E-state index contributed by atoms with van der Waals surface area (Å²) in [5.74, 6) is -2.74. The van der Waals surface area contributed by atoms with Gasteiger partial charge in [-0.2, -0.15) is 0 Å². The molecule has 2 aliphatic rings. The summed E-state index contributed by atoms with van der Waals surface area (Å²) < 4.78 is 22.5. The van der Waals surface area contributed by atoms with Gasteiger partial charge in [0.05, 0.1) is 17.9 Å². The monoisotopic (exact) mass is 725 g/mol. The first-order chi connectivity index (χ1) is 24.7. The third kappa shape index (κ3) is 9.56. The zero-order valence-electron chi connectivity index (χ0n) is 29.0. The maximum atomic E-state index is 14.6. The van der Waals surface area contributed by atoms with Gasteiger partial charge >= 0.3 is 11.9 Å². The molecule has 3 N–H and O–H groups in total. The summed E-state index contributed by atoms with van der Waals surface area (Å²) in [5.41, 5.74) is 0.711. The number of aryl methyl sites for hydroxylation is 1. The molecule has 0 spiro atoms. The zero-order valence-corrected chi connectivity index (χ0v) is 29.8. The fourth-order valence-corrected chi connectivity index (χ4v) is 7.42. The van der Waals surface area contributed by atoms with Crippen LogP contribution in [0.1, 0.15) is 74.9 Å². The van der Waals surface area contributed by atoms with E-state index in [0.29, 0.717) is 42.8 Å². The number of aromatic nitrogens is 2. The number of rotatable bonds is 16. The Morgan fingerprint density at radius 1 is 0.922 bits per heavy atom.